The van der Waals surface area contributed by atoms with Gasteiger partial charge in [-0.2, -0.15) is 5.10 Å². The van der Waals surface area contributed by atoms with Crippen LogP contribution >= 0.6 is 0 Å². The molecule has 2 fully saturated rings. The monoisotopic (exact) mass is 346 g/mol. The summed E-state index contributed by atoms with van der Waals surface area (Å²) in [5, 5.41) is 7.17. The second kappa shape index (κ2) is 7.46. The maximum atomic E-state index is 6.01. The van der Waals surface area contributed by atoms with E-state index in [4.69, 9.17) is 9.84 Å². The quantitative estimate of drug-likeness (QED) is 0.387. The van der Waals surface area contributed by atoms with Crippen LogP contribution in [0.25, 0.3) is 0 Å². The van der Waals surface area contributed by atoms with Crippen molar-refractivity contribution in [3.05, 3.63) is 83.4 Å². The average molecular weight is 346 g/mol. The second-order valence-corrected chi connectivity index (χ2v) is 7.35. The number of rotatable bonds is 7. The Morgan fingerprint density at radius 2 is 1.69 bits per heavy atom. The van der Waals surface area contributed by atoms with Crippen LogP contribution in [0.2, 0.25) is 0 Å². The number of hydrazone groups is 1. The van der Waals surface area contributed by atoms with Crippen molar-refractivity contribution in [2.45, 2.75) is 44.9 Å². The number of benzene rings is 2. The standard InChI is InChI=1S/C23H26N2O/c1-17(2)10-9-15-20(23-22(26-23)19-13-7-4-8-14-19)24-25-16-21(25)18-11-5-3-6-12-18/h3-8,10-14,21-23H,9,15-16H2,1-2H3/b24-20-. The normalized spacial score (nSPS) is 24.3. The van der Waals surface area contributed by atoms with E-state index in [1.165, 1.54) is 22.4 Å². The van der Waals surface area contributed by atoms with E-state index in [9.17, 15) is 0 Å². The summed E-state index contributed by atoms with van der Waals surface area (Å²) in [6, 6.07) is 21.5. The second-order valence-electron chi connectivity index (χ2n) is 7.35. The van der Waals surface area contributed by atoms with Gasteiger partial charge < -0.3 is 4.74 Å². The third kappa shape index (κ3) is 4.05. The van der Waals surface area contributed by atoms with Crippen LogP contribution in [0, 0.1) is 0 Å². The zero-order valence-corrected chi connectivity index (χ0v) is 15.5. The molecule has 2 aromatic carbocycles. The summed E-state index contributed by atoms with van der Waals surface area (Å²) in [6.07, 6.45) is 4.55. The lowest BCUT2D eigenvalue weighted by Crippen LogP contribution is -2.11. The smallest absolute Gasteiger partial charge is 0.129 e. The molecule has 3 unspecified atom stereocenters. The van der Waals surface area contributed by atoms with Crippen molar-refractivity contribution in [2.24, 2.45) is 5.10 Å². The number of allylic oxidation sites excluding steroid dienone is 2. The molecule has 4 rings (SSSR count). The Hall–Kier alpha value is -2.39. The molecule has 0 N–H and O–H groups in total. The lowest BCUT2D eigenvalue weighted by molar-refractivity contribution is 0.396. The van der Waals surface area contributed by atoms with Crippen LogP contribution < -0.4 is 0 Å². The largest absolute Gasteiger partial charge is 0.358 e. The summed E-state index contributed by atoms with van der Waals surface area (Å²) in [5.74, 6) is 0. The van der Waals surface area contributed by atoms with Crippen molar-refractivity contribution in [3.8, 4) is 0 Å². The minimum Gasteiger partial charge on any atom is -0.358 e. The van der Waals surface area contributed by atoms with Gasteiger partial charge in [0.05, 0.1) is 18.3 Å². The molecule has 26 heavy (non-hydrogen) atoms. The summed E-state index contributed by atoms with van der Waals surface area (Å²) in [5.41, 5.74) is 5.12. The van der Waals surface area contributed by atoms with Crippen LogP contribution in [-0.2, 0) is 4.74 Å². The summed E-state index contributed by atoms with van der Waals surface area (Å²) in [7, 11) is 0. The third-order valence-corrected chi connectivity index (χ3v) is 4.93. The van der Waals surface area contributed by atoms with Crippen LogP contribution in [0.4, 0.5) is 0 Å². The summed E-state index contributed by atoms with van der Waals surface area (Å²) < 4.78 is 6.01. The predicted molar refractivity (Wildman–Crippen MR) is 106 cm³/mol. The molecule has 2 aromatic rings. The lowest BCUT2D eigenvalue weighted by Gasteiger charge is -2.05. The number of hydrogen-bond donors (Lipinski definition) is 0. The first-order valence-corrected chi connectivity index (χ1v) is 9.45. The Kier molecular flexibility index (Phi) is 4.89. The molecular formula is C23H26N2O. The van der Waals surface area contributed by atoms with E-state index in [1.807, 2.05) is 6.07 Å². The molecule has 134 valence electrons. The minimum absolute atomic E-state index is 0.125. The minimum atomic E-state index is 0.125. The Labute approximate surface area is 156 Å². The molecular weight excluding hydrogens is 320 g/mol. The van der Waals surface area contributed by atoms with Crippen molar-refractivity contribution in [2.75, 3.05) is 6.54 Å². The highest BCUT2D eigenvalue weighted by Gasteiger charge is 2.45. The van der Waals surface area contributed by atoms with Crippen molar-refractivity contribution in [1.29, 1.82) is 0 Å². The van der Waals surface area contributed by atoms with E-state index < -0.39 is 0 Å². The molecule has 0 saturated carbocycles. The number of hydrogen-bond acceptors (Lipinski definition) is 3. The van der Waals surface area contributed by atoms with Crippen molar-refractivity contribution in [3.63, 3.8) is 0 Å². The number of ether oxygens (including phenoxy) is 1. The summed E-state index contributed by atoms with van der Waals surface area (Å²) in [6.45, 7) is 5.29. The van der Waals surface area contributed by atoms with Gasteiger partial charge in [0.15, 0.2) is 0 Å². The molecule has 2 saturated heterocycles. The fraction of sp³-hybridized carbons (Fsp3) is 0.348. The Morgan fingerprint density at radius 3 is 2.35 bits per heavy atom. The third-order valence-electron chi connectivity index (χ3n) is 4.93. The molecule has 3 nitrogen and oxygen atoms in total. The zero-order chi connectivity index (χ0) is 17.9. The van der Waals surface area contributed by atoms with Gasteiger partial charge >= 0.3 is 0 Å². The van der Waals surface area contributed by atoms with Gasteiger partial charge in [0, 0.05) is 0 Å². The maximum Gasteiger partial charge on any atom is 0.129 e. The molecule has 3 heteroatoms. The van der Waals surface area contributed by atoms with E-state index in [-0.39, 0.29) is 12.2 Å². The molecule has 2 aliphatic rings. The lowest BCUT2D eigenvalue weighted by atomic mass is 10.0. The van der Waals surface area contributed by atoms with Gasteiger partial charge in [0.25, 0.3) is 0 Å². The van der Waals surface area contributed by atoms with E-state index in [1.54, 1.807) is 0 Å². The van der Waals surface area contributed by atoms with Crippen LogP contribution in [0.5, 0.6) is 0 Å². The molecule has 2 aliphatic heterocycles. The number of epoxide rings is 1. The summed E-state index contributed by atoms with van der Waals surface area (Å²) >= 11 is 0. The highest BCUT2D eigenvalue weighted by molar-refractivity contribution is 5.91. The molecule has 0 radical (unpaired) electrons. The highest BCUT2D eigenvalue weighted by Crippen LogP contribution is 2.42. The van der Waals surface area contributed by atoms with Gasteiger partial charge in [-0.3, -0.25) is 5.01 Å². The van der Waals surface area contributed by atoms with Crippen molar-refractivity contribution >= 4 is 5.71 Å². The fourth-order valence-electron chi connectivity index (χ4n) is 3.38. The maximum absolute atomic E-state index is 6.01. The molecule has 0 aromatic heterocycles. The van der Waals surface area contributed by atoms with E-state index >= 15 is 0 Å². The predicted octanol–water partition coefficient (Wildman–Crippen LogP) is 5.29. The first kappa shape index (κ1) is 17.0. The Morgan fingerprint density at radius 1 is 1.04 bits per heavy atom. The average Bonchev–Trinajstić information content (AvgIpc) is 3.57. The Bertz CT molecular complexity index is 793. The van der Waals surface area contributed by atoms with Gasteiger partial charge in [-0.1, -0.05) is 72.3 Å². The van der Waals surface area contributed by atoms with Gasteiger partial charge in [-0.25, -0.2) is 0 Å². The van der Waals surface area contributed by atoms with Gasteiger partial charge in [0.2, 0.25) is 0 Å². The topological polar surface area (TPSA) is 27.9 Å². The molecule has 0 spiro atoms. The Balaban J connectivity index is 1.46. The van der Waals surface area contributed by atoms with Crippen LogP contribution in [0.3, 0.4) is 0 Å². The molecule has 3 atom stereocenters. The molecule has 0 bridgehead atoms. The van der Waals surface area contributed by atoms with E-state index in [0.717, 1.165) is 19.4 Å². The van der Waals surface area contributed by atoms with E-state index in [2.05, 4.69) is 79.5 Å². The SMILES string of the molecule is CC(C)=CCC/C(=N/N1CC1c1ccccc1)C1OC1c1ccccc1. The first-order valence-electron chi connectivity index (χ1n) is 9.45. The van der Waals surface area contributed by atoms with Crippen LogP contribution in [0.15, 0.2) is 77.4 Å². The van der Waals surface area contributed by atoms with Crippen molar-refractivity contribution < 1.29 is 4.74 Å². The number of nitrogens with zero attached hydrogens (tertiary/aromatic N) is 2. The molecule has 2 heterocycles. The van der Waals surface area contributed by atoms with Crippen LogP contribution in [0.1, 0.15) is 50.0 Å². The van der Waals surface area contributed by atoms with Crippen LogP contribution in [-0.4, -0.2) is 23.4 Å². The van der Waals surface area contributed by atoms with Gasteiger partial charge in [0.1, 0.15) is 12.2 Å². The van der Waals surface area contributed by atoms with Gasteiger partial charge in [-0.15, -0.1) is 0 Å². The zero-order valence-electron chi connectivity index (χ0n) is 15.5. The van der Waals surface area contributed by atoms with E-state index in [0.29, 0.717) is 6.04 Å². The van der Waals surface area contributed by atoms with Crippen molar-refractivity contribution in [1.82, 2.24) is 5.01 Å². The summed E-state index contributed by atoms with van der Waals surface area (Å²) in [4.78, 5) is 0. The van der Waals surface area contributed by atoms with Gasteiger partial charge in [-0.05, 0) is 37.8 Å². The molecule has 0 amide bonds. The molecule has 0 aliphatic carbocycles. The first-order chi connectivity index (χ1) is 12.7. The highest BCUT2D eigenvalue weighted by atomic mass is 16.6. The fourth-order valence-corrected chi connectivity index (χ4v) is 3.38.